The summed E-state index contributed by atoms with van der Waals surface area (Å²) in [6.07, 6.45) is 2.25. The van der Waals surface area contributed by atoms with E-state index in [-0.39, 0.29) is 6.04 Å². The molecule has 0 saturated heterocycles. The number of rotatable bonds is 6. The fraction of sp³-hybridized carbons (Fsp3) is 0.0192. The lowest BCUT2D eigenvalue weighted by atomic mass is 9.85. The van der Waals surface area contributed by atoms with Crippen LogP contribution in [0.1, 0.15) is 22.7 Å². The highest BCUT2D eigenvalue weighted by Crippen LogP contribution is 2.44. The van der Waals surface area contributed by atoms with Crippen molar-refractivity contribution in [3.63, 3.8) is 0 Å². The second-order valence-corrected chi connectivity index (χ2v) is 13.9. The van der Waals surface area contributed by atoms with Crippen molar-refractivity contribution < 1.29 is 0 Å². The molecule has 0 bridgehead atoms. The molecule has 0 spiro atoms. The van der Waals surface area contributed by atoms with Crippen LogP contribution in [0.2, 0.25) is 0 Å². The van der Waals surface area contributed by atoms with Gasteiger partial charge in [0.1, 0.15) is 5.84 Å². The van der Waals surface area contributed by atoms with E-state index in [9.17, 15) is 0 Å². The molecule has 1 aliphatic rings. The van der Waals surface area contributed by atoms with Crippen molar-refractivity contribution in [2.75, 3.05) is 0 Å². The molecule has 1 atom stereocenters. The quantitative estimate of drug-likeness (QED) is 0.173. The topological polar surface area (TPSA) is 24.4 Å². The van der Waals surface area contributed by atoms with Crippen molar-refractivity contribution >= 4 is 43.9 Å². The minimum atomic E-state index is -0.0651. The molecule has 2 heteroatoms. The Labute approximate surface area is 315 Å². The molecule has 254 valence electrons. The number of hydrogen-bond donors (Lipinski definition) is 1. The van der Waals surface area contributed by atoms with Gasteiger partial charge in [0.15, 0.2) is 0 Å². The first kappa shape index (κ1) is 31.7. The number of amidine groups is 1. The molecule has 10 rings (SSSR count). The Morgan fingerprint density at radius 2 is 0.870 bits per heavy atom. The van der Waals surface area contributed by atoms with Crippen LogP contribution in [0, 0.1) is 0 Å². The van der Waals surface area contributed by atoms with E-state index >= 15 is 0 Å². The summed E-state index contributed by atoms with van der Waals surface area (Å²) in [6, 6.07) is 71.8. The van der Waals surface area contributed by atoms with E-state index < -0.39 is 0 Å². The smallest absolute Gasteiger partial charge is 0.134 e. The van der Waals surface area contributed by atoms with Gasteiger partial charge >= 0.3 is 0 Å². The minimum Gasteiger partial charge on any atom is -0.359 e. The summed E-state index contributed by atoms with van der Waals surface area (Å²) in [7, 11) is 0. The summed E-state index contributed by atoms with van der Waals surface area (Å²) in [5, 5.41) is 11.3. The fourth-order valence-corrected chi connectivity index (χ4v) is 8.16. The highest BCUT2D eigenvalue weighted by atomic mass is 15.0. The monoisotopic (exact) mass is 688 g/mol. The fourth-order valence-electron chi connectivity index (χ4n) is 8.16. The Morgan fingerprint density at radius 3 is 1.54 bits per heavy atom. The molecular formula is C52H36N2. The van der Waals surface area contributed by atoms with Gasteiger partial charge in [0, 0.05) is 5.56 Å². The highest BCUT2D eigenvalue weighted by molar-refractivity contribution is 6.21. The second kappa shape index (κ2) is 13.5. The predicted molar refractivity (Wildman–Crippen MR) is 229 cm³/mol. The molecule has 54 heavy (non-hydrogen) atoms. The van der Waals surface area contributed by atoms with E-state index in [2.05, 4.69) is 212 Å². The first-order chi connectivity index (χ1) is 26.8. The lowest BCUT2D eigenvalue weighted by Crippen LogP contribution is -2.31. The molecule has 9 aromatic carbocycles. The number of nitrogens with zero attached hydrogens (tertiary/aromatic N) is 1. The summed E-state index contributed by atoms with van der Waals surface area (Å²) in [5.41, 5.74) is 11.6. The number of hydrogen-bond acceptors (Lipinski definition) is 2. The predicted octanol–water partition coefficient (Wildman–Crippen LogP) is 13.3. The molecule has 0 aromatic heterocycles. The lowest BCUT2D eigenvalue weighted by Gasteiger charge is -2.25. The lowest BCUT2D eigenvalue weighted by molar-refractivity contribution is 0.781. The molecule has 1 heterocycles. The van der Waals surface area contributed by atoms with E-state index in [1.54, 1.807) is 0 Å². The Bertz CT molecular complexity index is 2820. The largest absolute Gasteiger partial charge is 0.359 e. The molecule has 0 aliphatic carbocycles. The van der Waals surface area contributed by atoms with Gasteiger partial charge in [-0.25, -0.2) is 4.99 Å². The van der Waals surface area contributed by atoms with Crippen LogP contribution in [-0.4, -0.2) is 5.84 Å². The normalized spacial score (nSPS) is 14.1. The summed E-state index contributed by atoms with van der Waals surface area (Å²) in [6.45, 7) is 0. The zero-order valence-corrected chi connectivity index (χ0v) is 29.7. The van der Waals surface area contributed by atoms with Gasteiger partial charge in [0.25, 0.3) is 0 Å². The minimum absolute atomic E-state index is 0.0651. The Kier molecular flexibility index (Phi) is 7.92. The average molecular weight is 689 g/mol. The summed E-state index contributed by atoms with van der Waals surface area (Å²) >= 11 is 0. The Morgan fingerprint density at radius 1 is 0.370 bits per heavy atom. The van der Waals surface area contributed by atoms with Crippen LogP contribution in [0.15, 0.2) is 211 Å². The van der Waals surface area contributed by atoms with Gasteiger partial charge in [-0.2, -0.15) is 0 Å². The molecule has 0 amide bonds. The molecule has 1 N–H and O–H groups in total. The molecule has 1 aliphatic heterocycles. The van der Waals surface area contributed by atoms with E-state index in [1.165, 1.54) is 65.7 Å². The van der Waals surface area contributed by atoms with E-state index in [4.69, 9.17) is 4.99 Å². The van der Waals surface area contributed by atoms with Crippen LogP contribution in [0.25, 0.3) is 71.4 Å². The number of nitrogens with one attached hydrogen (secondary N) is 1. The maximum atomic E-state index is 5.28. The first-order valence-electron chi connectivity index (χ1n) is 18.6. The van der Waals surface area contributed by atoms with Crippen molar-refractivity contribution in [3.05, 3.63) is 223 Å². The van der Waals surface area contributed by atoms with Crippen molar-refractivity contribution in [3.8, 4) is 33.4 Å². The Balaban J connectivity index is 1.08. The zero-order chi connectivity index (χ0) is 35.8. The van der Waals surface area contributed by atoms with Gasteiger partial charge < -0.3 is 5.32 Å². The maximum absolute atomic E-state index is 5.28. The van der Waals surface area contributed by atoms with Crippen LogP contribution < -0.4 is 5.32 Å². The van der Waals surface area contributed by atoms with Crippen molar-refractivity contribution in [1.82, 2.24) is 5.32 Å². The van der Waals surface area contributed by atoms with E-state index in [1.807, 2.05) is 0 Å². The van der Waals surface area contributed by atoms with Crippen molar-refractivity contribution in [2.24, 2.45) is 4.99 Å². The zero-order valence-electron chi connectivity index (χ0n) is 29.7. The molecule has 1 unspecified atom stereocenters. The van der Waals surface area contributed by atoms with Gasteiger partial charge in [-0.15, -0.1) is 0 Å². The first-order valence-corrected chi connectivity index (χ1v) is 18.6. The standard InChI is InChI=1S/C52H36N2/c1-3-16-37(17-4-1)48-34-49(38-31-29-36(30-32-38)43-28-14-20-35-15-7-8-23-42(35)43)54-52(53-48)41-22-13-21-40(33-41)51-46-26-11-9-24-44(46)50(39-18-5-2-6-19-39)45-25-10-12-27-47(45)51/h1-34,49H,(H,53,54). The van der Waals surface area contributed by atoms with Gasteiger partial charge in [-0.05, 0) is 89.0 Å². The SMILES string of the molecule is C1=C(c2ccccc2)N=C(c2cccc(-c3c4ccccc4c(-c4ccccc4)c4ccccc34)c2)NC1c1ccc(-c2cccc3ccccc23)cc1. The van der Waals surface area contributed by atoms with Crippen molar-refractivity contribution in [1.29, 1.82) is 0 Å². The van der Waals surface area contributed by atoms with Gasteiger partial charge in [0.05, 0.1) is 11.7 Å². The average Bonchev–Trinajstić information content (AvgIpc) is 3.26. The highest BCUT2D eigenvalue weighted by Gasteiger charge is 2.22. The van der Waals surface area contributed by atoms with Crippen LogP contribution in [0.4, 0.5) is 0 Å². The van der Waals surface area contributed by atoms with Crippen LogP contribution >= 0.6 is 0 Å². The van der Waals surface area contributed by atoms with Gasteiger partial charge in [-0.1, -0.05) is 194 Å². The number of aliphatic imine (C=N–C) groups is 1. The van der Waals surface area contributed by atoms with Gasteiger partial charge in [0.2, 0.25) is 0 Å². The molecule has 0 fully saturated rings. The molecule has 2 nitrogen and oxygen atoms in total. The van der Waals surface area contributed by atoms with E-state index in [0.29, 0.717) is 0 Å². The van der Waals surface area contributed by atoms with Crippen molar-refractivity contribution in [2.45, 2.75) is 6.04 Å². The third kappa shape index (κ3) is 5.66. The number of benzene rings is 9. The second-order valence-electron chi connectivity index (χ2n) is 13.9. The molecule has 9 aromatic rings. The van der Waals surface area contributed by atoms with Crippen LogP contribution in [-0.2, 0) is 0 Å². The van der Waals surface area contributed by atoms with E-state index in [0.717, 1.165) is 28.2 Å². The van der Waals surface area contributed by atoms with Crippen LogP contribution in [0.3, 0.4) is 0 Å². The number of fused-ring (bicyclic) bond motifs is 3. The third-order valence-electron chi connectivity index (χ3n) is 10.7. The maximum Gasteiger partial charge on any atom is 0.134 e. The summed E-state index contributed by atoms with van der Waals surface area (Å²) in [4.78, 5) is 5.28. The molecule has 0 saturated carbocycles. The third-order valence-corrected chi connectivity index (χ3v) is 10.7. The summed E-state index contributed by atoms with van der Waals surface area (Å²) in [5.74, 6) is 0.857. The molecule has 0 radical (unpaired) electrons. The summed E-state index contributed by atoms with van der Waals surface area (Å²) < 4.78 is 0. The molecular weight excluding hydrogens is 653 g/mol. The van der Waals surface area contributed by atoms with Crippen LogP contribution in [0.5, 0.6) is 0 Å². The Hall–Kier alpha value is -7.03. The van der Waals surface area contributed by atoms with Gasteiger partial charge in [-0.3, -0.25) is 0 Å².